The summed E-state index contributed by atoms with van der Waals surface area (Å²) in [7, 11) is 0. The monoisotopic (exact) mass is 297 g/mol. The van der Waals surface area contributed by atoms with Crippen LogP contribution in [0.4, 0.5) is 13.2 Å². The molecule has 1 saturated heterocycles. The first-order valence-electron chi connectivity index (χ1n) is 6.76. The van der Waals surface area contributed by atoms with Crippen LogP contribution in [0, 0.1) is 23.4 Å². The molecule has 1 aromatic heterocycles. The molecule has 1 fully saturated rings. The Bertz CT molecular complexity index is 636. The highest BCUT2D eigenvalue weighted by Gasteiger charge is 2.25. The van der Waals surface area contributed by atoms with Gasteiger partial charge in [0, 0.05) is 5.56 Å². The van der Waals surface area contributed by atoms with Gasteiger partial charge in [-0.25, -0.2) is 13.2 Å². The molecule has 4 nitrogen and oxygen atoms in total. The van der Waals surface area contributed by atoms with E-state index in [4.69, 9.17) is 4.52 Å². The van der Waals surface area contributed by atoms with Gasteiger partial charge in [-0.3, -0.25) is 0 Å². The molecule has 7 heteroatoms. The zero-order valence-electron chi connectivity index (χ0n) is 11.4. The van der Waals surface area contributed by atoms with Gasteiger partial charge in [0.1, 0.15) is 0 Å². The molecule has 21 heavy (non-hydrogen) atoms. The van der Waals surface area contributed by atoms with Gasteiger partial charge in [-0.2, -0.15) is 4.98 Å². The molecule has 2 heterocycles. The van der Waals surface area contributed by atoms with E-state index < -0.39 is 17.5 Å². The van der Waals surface area contributed by atoms with Crippen LogP contribution in [0.5, 0.6) is 0 Å². The van der Waals surface area contributed by atoms with Gasteiger partial charge in [0.2, 0.25) is 11.7 Å². The first-order chi connectivity index (χ1) is 10.0. The average molecular weight is 297 g/mol. The van der Waals surface area contributed by atoms with Crippen LogP contribution >= 0.6 is 0 Å². The Kier molecular flexibility index (Phi) is 3.67. The van der Waals surface area contributed by atoms with E-state index in [9.17, 15) is 13.2 Å². The topological polar surface area (TPSA) is 51.0 Å². The summed E-state index contributed by atoms with van der Waals surface area (Å²) in [5, 5.41) is 6.97. The SMILES string of the molecule is CC1CCNC(c2nc(-c3cc(F)c(F)c(F)c3)no2)C1. The molecule has 0 bridgehead atoms. The first kappa shape index (κ1) is 14.1. The second-order valence-corrected chi connectivity index (χ2v) is 5.35. The summed E-state index contributed by atoms with van der Waals surface area (Å²) in [5.74, 6) is -3.11. The third-order valence-corrected chi connectivity index (χ3v) is 3.65. The molecule has 0 aliphatic carbocycles. The van der Waals surface area contributed by atoms with Gasteiger partial charge >= 0.3 is 0 Å². The van der Waals surface area contributed by atoms with E-state index in [1.54, 1.807) is 0 Å². The highest BCUT2D eigenvalue weighted by molar-refractivity contribution is 5.54. The van der Waals surface area contributed by atoms with Gasteiger partial charge in [0.05, 0.1) is 6.04 Å². The molecule has 2 unspecified atom stereocenters. The minimum absolute atomic E-state index is 0.0443. The molecule has 3 rings (SSSR count). The number of hydrogen-bond donors (Lipinski definition) is 1. The molecule has 1 aromatic carbocycles. The number of rotatable bonds is 2. The molecule has 2 atom stereocenters. The molecule has 0 radical (unpaired) electrons. The maximum absolute atomic E-state index is 13.2. The Hall–Kier alpha value is -1.89. The van der Waals surface area contributed by atoms with Gasteiger partial charge in [0.15, 0.2) is 17.5 Å². The van der Waals surface area contributed by atoms with Crippen molar-refractivity contribution in [1.82, 2.24) is 15.5 Å². The van der Waals surface area contributed by atoms with E-state index in [1.165, 1.54) is 0 Å². The highest BCUT2D eigenvalue weighted by Crippen LogP contribution is 2.28. The van der Waals surface area contributed by atoms with E-state index in [-0.39, 0.29) is 17.4 Å². The lowest BCUT2D eigenvalue weighted by Gasteiger charge is -2.25. The Morgan fingerprint density at radius 3 is 2.62 bits per heavy atom. The van der Waals surface area contributed by atoms with Crippen LogP contribution in [0.15, 0.2) is 16.7 Å². The number of piperidine rings is 1. The Balaban J connectivity index is 1.88. The standard InChI is InChI=1S/C14H14F3N3O/c1-7-2-3-18-11(4-7)14-19-13(20-21-14)8-5-9(15)12(17)10(16)6-8/h5-7,11,18H,2-4H2,1H3. The third-order valence-electron chi connectivity index (χ3n) is 3.65. The van der Waals surface area contributed by atoms with Crippen LogP contribution in [0.2, 0.25) is 0 Å². The molecule has 0 saturated carbocycles. The van der Waals surface area contributed by atoms with E-state index in [0.717, 1.165) is 31.5 Å². The average Bonchev–Trinajstić information content (AvgIpc) is 2.94. The lowest BCUT2D eigenvalue weighted by atomic mass is 9.94. The van der Waals surface area contributed by atoms with Crippen molar-refractivity contribution in [3.63, 3.8) is 0 Å². The summed E-state index contributed by atoms with van der Waals surface area (Å²) in [6, 6.07) is 1.64. The number of nitrogens with one attached hydrogen (secondary N) is 1. The Morgan fingerprint density at radius 2 is 1.95 bits per heavy atom. The third kappa shape index (κ3) is 2.78. The van der Waals surface area contributed by atoms with E-state index in [2.05, 4.69) is 22.4 Å². The van der Waals surface area contributed by atoms with Crippen LogP contribution in [0.25, 0.3) is 11.4 Å². The van der Waals surface area contributed by atoms with Crippen molar-refractivity contribution < 1.29 is 17.7 Å². The summed E-state index contributed by atoms with van der Waals surface area (Å²) in [4.78, 5) is 4.15. The second kappa shape index (κ2) is 5.48. The fourth-order valence-electron chi connectivity index (χ4n) is 2.47. The van der Waals surface area contributed by atoms with Crippen molar-refractivity contribution in [1.29, 1.82) is 0 Å². The molecule has 1 aliphatic heterocycles. The Morgan fingerprint density at radius 1 is 1.24 bits per heavy atom. The molecule has 1 N–H and O–H groups in total. The Labute approximate surface area is 119 Å². The fourth-order valence-corrected chi connectivity index (χ4v) is 2.47. The van der Waals surface area contributed by atoms with Gasteiger partial charge in [-0.1, -0.05) is 12.1 Å². The molecule has 0 spiro atoms. The largest absolute Gasteiger partial charge is 0.337 e. The predicted octanol–water partition coefficient (Wildman–Crippen LogP) is 3.21. The van der Waals surface area contributed by atoms with Crippen LogP contribution in [0.3, 0.4) is 0 Å². The summed E-state index contributed by atoms with van der Waals surface area (Å²) in [5.41, 5.74) is 0.0465. The fraction of sp³-hybridized carbons (Fsp3) is 0.429. The first-order valence-corrected chi connectivity index (χ1v) is 6.76. The molecule has 112 valence electrons. The smallest absolute Gasteiger partial charge is 0.244 e. The van der Waals surface area contributed by atoms with Crippen molar-refractivity contribution in [3.05, 3.63) is 35.5 Å². The maximum Gasteiger partial charge on any atom is 0.244 e. The molecule has 1 aliphatic rings. The quantitative estimate of drug-likeness (QED) is 0.865. The minimum Gasteiger partial charge on any atom is -0.337 e. The number of halogens is 3. The molecule has 2 aromatic rings. The summed E-state index contributed by atoms with van der Waals surface area (Å²) in [6.45, 7) is 2.99. The predicted molar refractivity (Wildman–Crippen MR) is 68.7 cm³/mol. The van der Waals surface area contributed by atoms with Gasteiger partial charge < -0.3 is 9.84 Å². The van der Waals surface area contributed by atoms with E-state index in [1.807, 2.05) is 0 Å². The van der Waals surface area contributed by atoms with Gasteiger partial charge in [-0.15, -0.1) is 0 Å². The normalized spacial score (nSPS) is 22.5. The number of hydrogen-bond acceptors (Lipinski definition) is 4. The van der Waals surface area contributed by atoms with Crippen molar-refractivity contribution in [2.45, 2.75) is 25.8 Å². The van der Waals surface area contributed by atoms with Gasteiger partial charge in [0.25, 0.3) is 0 Å². The number of nitrogens with zero attached hydrogens (tertiary/aromatic N) is 2. The highest BCUT2D eigenvalue weighted by atomic mass is 19.2. The molecule has 0 amide bonds. The summed E-state index contributed by atoms with van der Waals surface area (Å²) < 4.78 is 44.5. The lowest BCUT2D eigenvalue weighted by molar-refractivity contribution is 0.260. The van der Waals surface area contributed by atoms with Gasteiger partial charge in [-0.05, 0) is 37.4 Å². The summed E-state index contributed by atoms with van der Waals surface area (Å²) in [6.07, 6.45) is 1.93. The second-order valence-electron chi connectivity index (χ2n) is 5.35. The van der Waals surface area contributed by atoms with Crippen LogP contribution < -0.4 is 5.32 Å². The van der Waals surface area contributed by atoms with Crippen molar-refractivity contribution >= 4 is 0 Å². The van der Waals surface area contributed by atoms with Crippen LogP contribution in [-0.4, -0.2) is 16.7 Å². The maximum atomic E-state index is 13.2. The lowest BCUT2D eigenvalue weighted by Crippen LogP contribution is -2.30. The number of aromatic nitrogens is 2. The van der Waals surface area contributed by atoms with Crippen molar-refractivity contribution in [2.75, 3.05) is 6.54 Å². The zero-order chi connectivity index (χ0) is 15.0. The van der Waals surface area contributed by atoms with Crippen LogP contribution in [0.1, 0.15) is 31.7 Å². The summed E-state index contributed by atoms with van der Waals surface area (Å²) >= 11 is 0. The zero-order valence-corrected chi connectivity index (χ0v) is 11.4. The van der Waals surface area contributed by atoms with E-state index in [0.29, 0.717) is 11.8 Å². The molecular weight excluding hydrogens is 283 g/mol. The van der Waals surface area contributed by atoms with Crippen molar-refractivity contribution in [3.8, 4) is 11.4 Å². The van der Waals surface area contributed by atoms with Crippen LogP contribution in [-0.2, 0) is 0 Å². The van der Waals surface area contributed by atoms with Crippen molar-refractivity contribution in [2.24, 2.45) is 5.92 Å². The van der Waals surface area contributed by atoms with E-state index >= 15 is 0 Å². The minimum atomic E-state index is -1.51. The molecular formula is C14H14F3N3O. The number of benzene rings is 1.